The quantitative estimate of drug-likeness (QED) is 0.558. The predicted molar refractivity (Wildman–Crippen MR) is 120 cm³/mol. The standard InChI is InChI=1S/C28H26O2/c1-20-12-14-23(15-13-20)26-16-24-18-30-19-28(26,27(24)29)17-25(21-8-4-2-5-9-21)22-10-6-3-7-11-22/h2-15,17,24,26H,16,18-19H2,1H3/t24-,26+,28-/m1/s1. The molecule has 3 atom stereocenters. The van der Waals surface area contributed by atoms with E-state index in [9.17, 15) is 4.79 Å². The van der Waals surface area contributed by atoms with Gasteiger partial charge < -0.3 is 4.74 Å². The Bertz CT molecular complexity index is 1030. The average Bonchev–Trinajstić information content (AvgIpc) is 2.94. The molecule has 5 rings (SSSR count). The lowest BCUT2D eigenvalue weighted by Gasteiger charge is -2.34. The molecule has 0 amide bonds. The zero-order valence-electron chi connectivity index (χ0n) is 17.3. The number of rotatable bonds is 4. The molecule has 0 radical (unpaired) electrons. The van der Waals surface area contributed by atoms with Crippen LogP contribution in [0.2, 0.25) is 0 Å². The summed E-state index contributed by atoms with van der Waals surface area (Å²) in [4.78, 5) is 13.6. The number of benzene rings is 3. The summed E-state index contributed by atoms with van der Waals surface area (Å²) < 4.78 is 6.01. The van der Waals surface area contributed by atoms with E-state index in [0.717, 1.165) is 23.1 Å². The Morgan fingerprint density at radius 1 is 0.900 bits per heavy atom. The monoisotopic (exact) mass is 394 g/mol. The van der Waals surface area contributed by atoms with Crippen LogP contribution in [-0.4, -0.2) is 19.0 Å². The molecule has 30 heavy (non-hydrogen) atoms. The Morgan fingerprint density at radius 3 is 2.10 bits per heavy atom. The van der Waals surface area contributed by atoms with E-state index >= 15 is 0 Å². The number of hydrogen-bond acceptors (Lipinski definition) is 2. The first-order valence-electron chi connectivity index (χ1n) is 10.7. The number of fused-ring (bicyclic) bond motifs is 2. The normalized spacial score (nSPS) is 25.2. The number of carbonyl (C=O) groups is 1. The van der Waals surface area contributed by atoms with Crippen molar-refractivity contribution in [3.8, 4) is 0 Å². The average molecular weight is 395 g/mol. The van der Waals surface area contributed by atoms with Crippen LogP contribution in [0.3, 0.4) is 0 Å². The highest BCUT2D eigenvalue weighted by Crippen LogP contribution is 2.54. The van der Waals surface area contributed by atoms with Crippen molar-refractivity contribution in [2.75, 3.05) is 13.2 Å². The highest BCUT2D eigenvalue weighted by atomic mass is 16.5. The van der Waals surface area contributed by atoms with Crippen molar-refractivity contribution in [1.82, 2.24) is 0 Å². The zero-order valence-corrected chi connectivity index (χ0v) is 17.3. The molecular weight excluding hydrogens is 368 g/mol. The molecule has 2 heteroatoms. The topological polar surface area (TPSA) is 26.3 Å². The van der Waals surface area contributed by atoms with Gasteiger partial charge in [-0.05, 0) is 35.6 Å². The predicted octanol–water partition coefficient (Wildman–Crippen LogP) is 5.82. The Morgan fingerprint density at radius 2 is 1.50 bits per heavy atom. The third kappa shape index (κ3) is 3.22. The third-order valence-corrected chi connectivity index (χ3v) is 6.68. The molecule has 1 aliphatic carbocycles. The molecule has 0 unspecified atom stereocenters. The van der Waals surface area contributed by atoms with Crippen molar-refractivity contribution in [3.63, 3.8) is 0 Å². The summed E-state index contributed by atoms with van der Waals surface area (Å²) in [6.45, 7) is 3.09. The van der Waals surface area contributed by atoms with E-state index in [-0.39, 0.29) is 11.8 Å². The summed E-state index contributed by atoms with van der Waals surface area (Å²) in [5.74, 6) is 0.457. The minimum Gasteiger partial charge on any atom is -0.379 e. The number of hydrogen-bond donors (Lipinski definition) is 0. The van der Waals surface area contributed by atoms with Crippen molar-refractivity contribution < 1.29 is 9.53 Å². The van der Waals surface area contributed by atoms with Crippen LogP contribution in [0.1, 0.15) is 34.6 Å². The van der Waals surface area contributed by atoms with Crippen molar-refractivity contribution >= 4 is 11.4 Å². The minimum absolute atomic E-state index is 0.0194. The van der Waals surface area contributed by atoms with Gasteiger partial charge in [0.1, 0.15) is 0 Å². The molecule has 1 aliphatic heterocycles. The van der Waals surface area contributed by atoms with Gasteiger partial charge in [0, 0.05) is 11.8 Å². The summed E-state index contributed by atoms with van der Waals surface area (Å²) in [5.41, 5.74) is 5.21. The number of ether oxygens (including phenoxy) is 1. The van der Waals surface area contributed by atoms with Crippen LogP contribution in [0.25, 0.3) is 5.57 Å². The van der Waals surface area contributed by atoms with Crippen LogP contribution < -0.4 is 0 Å². The van der Waals surface area contributed by atoms with E-state index in [0.29, 0.717) is 19.0 Å². The smallest absolute Gasteiger partial charge is 0.151 e. The molecule has 1 heterocycles. The van der Waals surface area contributed by atoms with E-state index in [4.69, 9.17) is 4.74 Å². The summed E-state index contributed by atoms with van der Waals surface area (Å²) in [6, 6.07) is 29.4. The van der Waals surface area contributed by atoms with Crippen molar-refractivity contribution in [3.05, 3.63) is 113 Å². The van der Waals surface area contributed by atoms with Gasteiger partial charge in [-0.2, -0.15) is 0 Å². The first-order valence-corrected chi connectivity index (χ1v) is 10.7. The summed E-state index contributed by atoms with van der Waals surface area (Å²) in [7, 11) is 0. The second-order valence-corrected chi connectivity index (χ2v) is 8.61. The van der Waals surface area contributed by atoms with Gasteiger partial charge in [0.25, 0.3) is 0 Å². The number of aryl methyl sites for hydroxylation is 1. The van der Waals surface area contributed by atoms with Gasteiger partial charge in [-0.3, -0.25) is 4.79 Å². The first-order chi connectivity index (χ1) is 14.7. The lowest BCUT2D eigenvalue weighted by Crippen LogP contribution is -2.41. The van der Waals surface area contributed by atoms with Gasteiger partial charge in [-0.1, -0.05) is 96.6 Å². The fraction of sp³-hybridized carbons (Fsp3) is 0.250. The Hall–Kier alpha value is -2.97. The summed E-state index contributed by atoms with van der Waals surface area (Å²) in [5, 5.41) is 0. The van der Waals surface area contributed by atoms with Crippen molar-refractivity contribution in [1.29, 1.82) is 0 Å². The summed E-state index contributed by atoms with van der Waals surface area (Å²) in [6.07, 6.45) is 3.08. The van der Waals surface area contributed by atoms with E-state index < -0.39 is 5.41 Å². The maximum atomic E-state index is 13.6. The Kier molecular flexibility index (Phi) is 4.88. The third-order valence-electron chi connectivity index (χ3n) is 6.68. The first kappa shape index (κ1) is 19.0. The van der Waals surface area contributed by atoms with Crippen LogP contribution in [0.4, 0.5) is 0 Å². The Labute approximate surface area is 178 Å². The molecule has 150 valence electrons. The van der Waals surface area contributed by atoms with E-state index in [1.165, 1.54) is 11.1 Å². The van der Waals surface area contributed by atoms with Crippen LogP contribution >= 0.6 is 0 Å². The van der Waals surface area contributed by atoms with Crippen LogP contribution in [0.15, 0.2) is 91.0 Å². The van der Waals surface area contributed by atoms with Crippen LogP contribution in [0.5, 0.6) is 0 Å². The van der Waals surface area contributed by atoms with E-state index in [2.05, 4.69) is 85.8 Å². The second-order valence-electron chi connectivity index (χ2n) is 8.61. The largest absolute Gasteiger partial charge is 0.379 e. The molecule has 3 aromatic carbocycles. The molecule has 1 saturated carbocycles. The minimum atomic E-state index is -0.626. The molecule has 2 nitrogen and oxygen atoms in total. The molecule has 0 aromatic heterocycles. The van der Waals surface area contributed by atoms with E-state index in [1.807, 2.05) is 12.1 Å². The number of Topliss-reactive ketones (excluding diaryl/α,β-unsaturated/α-hetero) is 1. The van der Waals surface area contributed by atoms with Gasteiger partial charge in [0.05, 0.1) is 18.6 Å². The fourth-order valence-corrected chi connectivity index (χ4v) is 5.11. The lowest BCUT2D eigenvalue weighted by atomic mass is 9.71. The molecule has 1 saturated heterocycles. The molecule has 2 aliphatic rings. The maximum Gasteiger partial charge on any atom is 0.151 e. The summed E-state index contributed by atoms with van der Waals surface area (Å²) >= 11 is 0. The lowest BCUT2D eigenvalue weighted by molar-refractivity contribution is -0.137. The van der Waals surface area contributed by atoms with Gasteiger partial charge in [0.2, 0.25) is 0 Å². The molecule has 0 N–H and O–H groups in total. The molecule has 2 fully saturated rings. The van der Waals surface area contributed by atoms with Crippen molar-refractivity contribution in [2.24, 2.45) is 11.3 Å². The Balaban J connectivity index is 1.69. The van der Waals surface area contributed by atoms with Gasteiger partial charge in [-0.15, -0.1) is 0 Å². The van der Waals surface area contributed by atoms with Crippen molar-refractivity contribution in [2.45, 2.75) is 19.3 Å². The number of ketones is 1. The zero-order chi connectivity index (χ0) is 20.6. The van der Waals surface area contributed by atoms with Crippen LogP contribution in [0, 0.1) is 18.3 Å². The van der Waals surface area contributed by atoms with Gasteiger partial charge >= 0.3 is 0 Å². The molecule has 3 aromatic rings. The SMILES string of the molecule is Cc1ccc([C@@H]2C[C@@H]3COC[C@@]2(C=C(c2ccccc2)c2ccccc2)C3=O)cc1. The molecular formula is C28H26O2. The van der Waals surface area contributed by atoms with Crippen LogP contribution in [-0.2, 0) is 9.53 Å². The second kappa shape index (κ2) is 7.70. The number of carbonyl (C=O) groups excluding carboxylic acids is 1. The van der Waals surface area contributed by atoms with Gasteiger partial charge in [0.15, 0.2) is 5.78 Å². The molecule has 0 spiro atoms. The van der Waals surface area contributed by atoms with E-state index in [1.54, 1.807) is 0 Å². The highest BCUT2D eigenvalue weighted by molar-refractivity contribution is 5.96. The van der Waals surface area contributed by atoms with Gasteiger partial charge in [-0.25, -0.2) is 0 Å². The fourth-order valence-electron chi connectivity index (χ4n) is 5.11. The maximum absolute atomic E-state index is 13.6. The highest BCUT2D eigenvalue weighted by Gasteiger charge is 2.56. The molecule has 2 bridgehead atoms.